The molecule has 4 nitrogen and oxygen atoms in total. The molecule has 3 aromatic rings. The van der Waals surface area contributed by atoms with Gasteiger partial charge in [0.15, 0.2) is 5.58 Å². The van der Waals surface area contributed by atoms with Crippen molar-refractivity contribution >= 4 is 11.1 Å². The molecule has 0 atom stereocenters. The van der Waals surface area contributed by atoms with E-state index in [0.717, 1.165) is 37.7 Å². The van der Waals surface area contributed by atoms with Crippen molar-refractivity contribution in [2.45, 2.75) is 50.5 Å². The second-order valence-electron chi connectivity index (χ2n) is 7.50. The summed E-state index contributed by atoms with van der Waals surface area (Å²) in [5, 5.41) is 3.67. The third kappa shape index (κ3) is 4.48. The van der Waals surface area contributed by atoms with Crippen molar-refractivity contribution in [2.24, 2.45) is 0 Å². The lowest BCUT2D eigenvalue weighted by Gasteiger charge is -2.29. The minimum atomic E-state index is -0.403. The zero-order valence-corrected chi connectivity index (χ0v) is 15.3. The molecule has 0 saturated heterocycles. The number of hydrogen-bond acceptors (Lipinski definition) is 3. The molecule has 0 bridgehead atoms. The van der Waals surface area contributed by atoms with Crippen LogP contribution < -0.4 is 11.1 Å². The Morgan fingerprint density at radius 1 is 1.07 bits per heavy atom. The Bertz CT molecular complexity index is 937. The number of fused-ring (bicyclic) bond motifs is 1. The number of aromatic nitrogens is 1. The number of H-pyrrole nitrogens is 1. The van der Waals surface area contributed by atoms with Crippen LogP contribution in [-0.4, -0.2) is 17.6 Å². The lowest BCUT2D eigenvalue weighted by Crippen LogP contribution is -2.33. The van der Waals surface area contributed by atoms with E-state index in [9.17, 15) is 9.18 Å². The molecule has 0 spiro atoms. The van der Waals surface area contributed by atoms with Crippen molar-refractivity contribution in [3.8, 4) is 0 Å². The first-order chi connectivity index (χ1) is 13.2. The number of halogens is 1. The van der Waals surface area contributed by atoms with Gasteiger partial charge in [0, 0.05) is 6.04 Å². The molecule has 0 aliphatic heterocycles. The van der Waals surface area contributed by atoms with E-state index in [1.165, 1.54) is 24.0 Å². The first-order valence-corrected chi connectivity index (χ1v) is 9.78. The summed E-state index contributed by atoms with van der Waals surface area (Å²) in [4.78, 5) is 13.9. The largest absolute Gasteiger partial charge is 0.417 e. The fraction of sp³-hybridized carbons (Fsp3) is 0.409. The normalized spacial score (nSPS) is 20.2. The van der Waals surface area contributed by atoms with Gasteiger partial charge in [0.2, 0.25) is 0 Å². The van der Waals surface area contributed by atoms with Gasteiger partial charge in [-0.1, -0.05) is 18.2 Å². The Hall–Kier alpha value is -2.40. The number of oxazole rings is 1. The first kappa shape index (κ1) is 18.0. The van der Waals surface area contributed by atoms with Crippen LogP contribution in [0.5, 0.6) is 0 Å². The number of rotatable bonds is 6. The van der Waals surface area contributed by atoms with Gasteiger partial charge in [0.25, 0.3) is 0 Å². The molecule has 2 N–H and O–H groups in total. The molecule has 142 valence electrons. The van der Waals surface area contributed by atoms with Crippen LogP contribution >= 0.6 is 0 Å². The van der Waals surface area contributed by atoms with Crippen LogP contribution in [0.25, 0.3) is 11.1 Å². The molecule has 0 radical (unpaired) electrons. The molecule has 1 aliphatic rings. The summed E-state index contributed by atoms with van der Waals surface area (Å²) in [5.74, 6) is -0.00154. The first-order valence-electron chi connectivity index (χ1n) is 9.78. The number of aryl methyl sites for hydroxylation is 1. The van der Waals surface area contributed by atoms with E-state index in [1.807, 2.05) is 30.3 Å². The maximum Gasteiger partial charge on any atom is 0.417 e. The lowest BCUT2D eigenvalue weighted by atomic mass is 9.82. The van der Waals surface area contributed by atoms with Crippen molar-refractivity contribution in [3.63, 3.8) is 0 Å². The van der Waals surface area contributed by atoms with Gasteiger partial charge in [0.05, 0.1) is 5.52 Å². The standard InChI is InChI=1S/C22H25FN2O2/c23-18-8-4-16(5-9-18)17-6-10-19(11-7-17)24-13-1-2-15-3-12-20-21(14-15)27-22(26)25-20/h3-5,8-9,12,14,17,19,24H,1-2,6-7,10-11,13H2,(H,25,26)/t17-,19-. The lowest BCUT2D eigenvalue weighted by molar-refractivity contribution is 0.342. The molecule has 5 heteroatoms. The van der Waals surface area contributed by atoms with Gasteiger partial charge in [-0.2, -0.15) is 0 Å². The monoisotopic (exact) mass is 368 g/mol. The summed E-state index contributed by atoms with van der Waals surface area (Å²) in [7, 11) is 0. The van der Waals surface area contributed by atoms with E-state index in [0.29, 0.717) is 17.5 Å². The predicted molar refractivity (Wildman–Crippen MR) is 105 cm³/mol. The molecular weight excluding hydrogens is 343 g/mol. The highest BCUT2D eigenvalue weighted by molar-refractivity contribution is 5.72. The van der Waals surface area contributed by atoms with Crippen LogP contribution in [0.15, 0.2) is 51.7 Å². The van der Waals surface area contributed by atoms with Crippen LogP contribution in [0.3, 0.4) is 0 Å². The number of benzene rings is 2. The van der Waals surface area contributed by atoms with Gasteiger partial charge >= 0.3 is 5.76 Å². The molecule has 1 aliphatic carbocycles. The van der Waals surface area contributed by atoms with E-state index in [-0.39, 0.29) is 5.82 Å². The van der Waals surface area contributed by atoms with Crippen LogP contribution in [0.2, 0.25) is 0 Å². The van der Waals surface area contributed by atoms with Gasteiger partial charge in [-0.25, -0.2) is 9.18 Å². The molecule has 27 heavy (non-hydrogen) atoms. The number of aromatic amines is 1. The maximum atomic E-state index is 13.1. The average Bonchev–Trinajstić information content (AvgIpc) is 3.06. The molecule has 1 saturated carbocycles. The van der Waals surface area contributed by atoms with Crippen LogP contribution in [-0.2, 0) is 6.42 Å². The second-order valence-corrected chi connectivity index (χ2v) is 7.50. The summed E-state index contributed by atoms with van der Waals surface area (Å²) in [5.41, 5.74) is 3.83. The third-order valence-electron chi connectivity index (χ3n) is 5.63. The van der Waals surface area contributed by atoms with E-state index >= 15 is 0 Å². The van der Waals surface area contributed by atoms with Crippen molar-refractivity contribution in [2.75, 3.05) is 6.54 Å². The van der Waals surface area contributed by atoms with Gasteiger partial charge in [-0.05, 0) is 86.4 Å². The van der Waals surface area contributed by atoms with Crippen LogP contribution in [0, 0.1) is 5.82 Å². The summed E-state index contributed by atoms with van der Waals surface area (Å²) in [6.45, 7) is 0.987. The zero-order valence-electron chi connectivity index (χ0n) is 15.3. The highest BCUT2D eigenvalue weighted by Crippen LogP contribution is 2.32. The Balaban J connectivity index is 1.19. The fourth-order valence-corrected chi connectivity index (χ4v) is 4.11. The average molecular weight is 368 g/mol. The third-order valence-corrected chi connectivity index (χ3v) is 5.63. The van der Waals surface area contributed by atoms with Crippen molar-refractivity contribution in [1.29, 1.82) is 0 Å². The molecule has 2 aromatic carbocycles. The highest BCUT2D eigenvalue weighted by atomic mass is 19.1. The molecule has 0 amide bonds. The zero-order chi connectivity index (χ0) is 18.6. The van der Waals surface area contributed by atoms with E-state index in [2.05, 4.69) is 10.3 Å². The molecular formula is C22H25FN2O2. The Kier molecular flexibility index (Phi) is 5.39. The molecule has 4 rings (SSSR count). The minimum absolute atomic E-state index is 0.160. The van der Waals surface area contributed by atoms with E-state index in [1.54, 1.807) is 12.1 Å². The Labute approximate surface area is 157 Å². The molecule has 0 unspecified atom stereocenters. The molecule has 1 fully saturated rings. The summed E-state index contributed by atoms with van der Waals surface area (Å²) < 4.78 is 18.2. The van der Waals surface area contributed by atoms with Crippen molar-refractivity contribution in [1.82, 2.24) is 10.3 Å². The number of nitrogens with one attached hydrogen (secondary N) is 2. The summed E-state index contributed by atoms with van der Waals surface area (Å²) >= 11 is 0. The molecule has 1 heterocycles. The topological polar surface area (TPSA) is 58.0 Å². The quantitative estimate of drug-likeness (QED) is 0.630. The SMILES string of the molecule is O=c1[nH]c2ccc(CCCN[C@H]3CC[C@H](c4ccc(F)cc4)CC3)cc2o1. The number of hydrogen-bond donors (Lipinski definition) is 2. The van der Waals surface area contributed by atoms with Crippen LogP contribution in [0.1, 0.15) is 49.1 Å². The van der Waals surface area contributed by atoms with E-state index < -0.39 is 5.76 Å². The maximum absolute atomic E-state index is 13.1. The van der Waals surface area contributed by atoms with Crippen molar-refractivity contribution in [3.05, 3.63) is 70.0 Å². The fourth-order valence-electron chi connectivity index (χ4n) is 4.11. The smallest absolute Gasteiger partial charge is 0.408 e. The predicted octanol–water partition coefficient (Wildman–Crippen LogP) is 4.51. The minimum Gasteiger partial charge on any atom is -0.408 e. The highest BCUT2D eigenvalue weighted by Gasteiger charge is 2.21. The molecule has 1 aromatic heterocycles. The van der Waals surface area contributed by atoms with Gasteiger partial charge < -0.3 is 9.73 Å². The van der Waals surface area contributed by atoms with Gasteiger partial charge in [0.1, 0.15) is 5.82 Å². The summed E-state index contributed by atoms with van der Waals surface area (Å²) in [6, 6.07) is 13.5. The second kappa shape index (κ2) is 8.09. The van der Waals surface area contributed by atoms with Gasteiger partial charge in [-0.15, -0.1) is 0 Å². The summed E-state index contributed by atoms with van der Waals surface area (Å²) in [6.07, 6.45) is 6.67. The Morgan fingerprint density at radius 3 is 2.63 bits per heavy atom. The van der Waals surface area contributed by atoms with Crippen LogP contribution in [0.4, 0.5) is 4.39 Å². The van der Waals surface area contributed by atoms with Crippen molar-refractivity contribution < 1.29 is 8.81 Å². The van der Waals surface area contributed by atoms with E-state index in [4.69, 9.17) is 4.42 Å². The van der Waals surface area contributed by atoms with Gasteiger partial charge in [-0.3, -0.25) is 4.98 Å². The Morgan fingerprint density at radius 2 is 1.85 bits per heavy atom.